The van der Waals surface area contributed by atoms with Gasteiger partial charge in [-0.3, -0.25) is 0 Å². The topological polar surface area (TPSA) is 23.8 Å². The second kappa shape index (κ2) is 7.62. The maximum Gasteiger partial charge on any atom is 0.0991 e. The van der Waals surface area contributed by atoms with Crippen molar-refractivity contribution in [2.45, 2.75) is 26.2 Å². The Morgan fingerprint density at radius 3 is 1.50 bits per heavy atom. The van der Waals surface area contributed by atoms with Crippen molar-refractivity contribution in [3.63, 3.8) is 0 Å². The number of nitrogens with zero attached hydrogens (tertiary/aromatic N) is 1. The van der Waals surface area contributed by atoms with E-state index < -0.39 is 0 Å². The molecule has 0 saturated carbocycles. The lowest BCUT2D eigenvalue weighted by Gasteiger charge is -2.06. The molecule has 1 heteroatoms. The minimum Gasteiger partial charge on any atom is -0.192 e. The van der Waals surface area contributed by atoms with Gasteiger partial charge in [0.2, 0.25) is 0 Å². The summed E-state index contributed by atoms with van der Waals surface area (Å²) >= 11 is 0. The van der Waals surface area contributed by atoms with Gasteiger partial charge in [0.1, 0.15) is 0 Å². The van der Waals surface area contributed by atoms with Crippen LogP contribution in [0.2, 0.25) is 0 Å². The Bertz CT molecular complexity index is 819. The van der Waals surface area contributed by atoms with Crippen molar-refractivity contribution < 1.29 is 0 Å². The van der Waals surface area contributed by atoms with Crippen molar-refractivity contribution in [2.24, 2.45) is 0 Å². The summed E-state index contributed by atoms with van der Waals surface area (Å²) in [6.07, 6.45) is 3.64. The van der Waals surface area contributed by atoms with E-state index in [1.54, 1.807) is 0 Å². The Balaban J connectivity index is 1.77. The first-order valence-electron chi connectivity index (χ1n) is 8.50. The highest BCUT2D eigenvalue weighted by Crippen LogP contribution is 2.25. The first kappa shape index (κ1) is 16.0. The molecule has 0 bridgehead atoms. The van der Waals surface area contributed by atoms with Crippen molar-refractivity contribution >= 4 is 0 Å². The molecule has 0 aliphatic carbocycles. The van der Waals surface area contributed by atoms with Crippen molar-refractivity contribution in [3.05, 3.63) is 83.9 Å². The SMILES string of the molecule is CCCCc1ccc(-c2ccc(-c3ccc(C#N)cc3)cc2)cc1. The van der Waals surface area contributed by atoms with Gasteiger partial charge in [-0.1, -0.05) is 74.0 Å². The molecule has 1 nitrogen and oxygen atoms in total. The van der Waals surface area contributed by atoms with Gasteiger partial charge in [0.25, 0.3) is 0 Å². The highest BCUT2D eigenvalue weighted by molar-refractivity contribution is 5.70. The standard InChI is InChI=1S/C23H21N/c1-2-3-4-18-5-9-20(10-6-18)22-13-15-23(16-14-22)21-11-7-19(17-24)8-12-21/h5-16H,2-4H2,1H3. The van der Waals surface area contributed by atoms with Crippen LogP contribution in [0, 0.1) is 11.3 Å². The average molecular weight is 311 g/mol. The summed E-state index contributed by atoms with van der Waals surface area (Å²) in [4.78, 5) is 0. The zero-order chi connectivity index (χ0) is 16.8. The van der Waals surface area contributed by atoms with Gasteiger partial charge in [0.15, 0.2) is 0 Å². The second-order valence-corrected chi connectivity index (χ2v) is 6.07. The second-order valence-electron chi connectivity index (χ2n) is 6.07. The van der Waals surface area contributed by atoms with Crippen LogP contribution in [0.1, 0.15) is 30.9 Å². The summed E-state index contributed by atoms with van der Waals surface area (Å²) in [6, 6.07) is 27.4. The Kier molecular flexibility index (Phi) is 5.08. The van der Waals surface area contributed by atoms with E-state index in [0.29, 0.717) is 5.56 Å². The van der Waals surface area contributed by atoms with E-state index in [1.165, 1.54) is 35.1 Å². The summed E-state index contributed by atoms with van der Waals surface area (Å²) in [5.74, 6) is 0. The largest absolute Gasteiger partial charge is 0.192 e. The predicted molar refractivity (Wildman–Crippen MR) is 101 cm³/mol. The molecule has 0 heterocycles. The van der Waals surface area contributed by atoms with Crippen LogP contribution in [-0.2, 0) is 6.42 Å². The fraction of sp³-hybridized carbons (Fsp3) is 0.174. The lowest BCUT2D eigenvalue weighted by atomic mass is 9.98. The zero-order valence-corrected chi connectivity index (χ0v) is 14.0. The number of hydrogen-bond donors (Lipinski definition) is 0. The maximum atomic E-state index is 8.88. The fourth-order valence-corrected chi connectivity index (χ4v) is 2.84. The molecule has 3 aromatic carbocycles. The minimum atomic E-state index is 0.693. The number of benzene rings is 3. The Morgan fingerprint density at radius 1 is 0.667 bits per heavy atom. The molecular formula is C23H21N. The van der Waals surface area contributed by atoms with Gasteiger partial charge >= 0.3 is 0 Å². The number of nitriles is 1. The smallest absolute Gasteiger partial charge is 0.0991 e. The third-order valence-corrected chi connectivity index (χ3v) is 4.34. The summed E-state index contributed by atoms with van der Waals surface area (Å²) in [6.45, 7) is 2.23. The molecule has 24 heavy (non-hydrogen) atoms. The summed E-state index contributed by atoms with van der Waals surface area (Å²) < 4.78 is 0. The molecule has 0 amide bonds. The summed E-state index contributed by atoms with van der Waals surface area (Å²) in [7, 11) is 0. The van der Waals surface area contributed by atoms with E-state index >= 15 is 0 Å². The number of hydrogen-bond acceptors (Lipinski definition) is 1. The van der Waals surface area contributed by atoms with Crippen molar-refractivity contribution in [3.8, 4) is 28.3 Å². The molecule has 0 aliphatic heterocycles. The van der Waals surface area contributed by atoms with Crippen LogP contribution in [0.25, 0.3) is 22.3 Å². The quantitative estimate of drug-likeness (QED) is 0.547. The normalized spacial score (nSPS) is 10.3. The lowest BCUT2D eigenvalue weighted by molar-refractivity contribution is 0.795. The van der Waals surface area contributed by atoms with E-state index in [0.717, 1.165) is 12.0 Å². The molecule has 3 aromatic rings. The lowest BCUT2D eigenvalue weighted by Crippen LogP contribution is -1.85. The Morgan fingerprint density at radius 2 is 1.08 bits per heavy atom. The van der Waals surface area contributed by atoms with Crippen LogP contribution in [0.15, 0.2) is 72.8 Å². The number of aryl methyl sites for hydroxylation is 1. The molecule has 0 atom stereocenters. The molecule has 3 rings (SSSR count). The van der Waals surface area contributed by atoms with Crippen LogP contribution in [-0.4, -0.2) is 0 Å². The molecule has 0 radical (unpaired) electrons. The maximum absolute atomic E-state index is 8.88. The molecule has 0 fully saturated rings. The van der Waals surface area contributed by atoms with E-state index in [1.807, 2.05) is 24.3 Å². The molecule has 0 unspecified atom stereocenters. The van der Waals surface area contributed by atoms with Crippen LogP contribution >= 0.6 is 0 Å². The van der Waals surface area contributed by atoms with Crippen molar-refractivity contribution in [2.75, 3.05) is 0 Å². The molecule has 0 aromatic heterocycles. The van der Waals surface area contributed by atoms with E-state index in [2.05, 4.69) is 61.5 Å². The van der Waals surface area contributed by atoms with E-state index in [9.17, 15) is 0 Å². The van der Waals surface area contributed by atoms with Gasteiger partial charge in [-0.15, -0.1) is 0 Å². The van der Waals surface area contributed by atoms with E-state index in [-0.39, 0.29) is 0 Å². The third-order valence-electron chi connectivity index (χ3n) is 4.34. The van der Waals surface area contributed by atoms with Gasteiger partial charge in [-0.05, 0) is 52.8 Å². The molecular weight excluding hydrogens is 290 g/mol. The number of rotatable bonds is 5. The molecule has 0 saturated heterocycles. The summed E-state index contributed by atoms with van der Waals surface area (Å²) in [5.41, 5.74) is 6.89. The molecule has 0 spiro atoms. The van der Waals surface area contributed by atoms with Crippen LogP contribution < -0.4 is 0 Å². The number of unbranched alkanes of at least 4 members (excludes halogenated alkanes) is 1. The Labute approximate surface area is 144 Å². The Hall–Kier alpha value is -2.85. The zero-order valence-electron chi connectivity index (χ0n) is 14.0. The van der Waals surface area contributed by atoms with Crippen LogP contribution in [0.5, 0.6) is 0 Å². The van der Waals surface area contributed by atoms with Crippen molar-refractivity contribution in [1.82, 2.24) is 0 Å². The van der Waals surface area contributed by atoms with Crippen molar-refractivity contribution in [1.29, 1.82) is 5.26 Å². The minimum absolute atomic E-state index is 0.693. The predicted octanol–water partition coefficient (Wildman–Crippen LogP) is 6.23. The van der Waals surface area contributed by atoms with Gasteiger partial charge in [0.05, 0.1) is 11.6 Å². The first-order valence-corrected chi connectivity index (χ1v) is 8.50. The fourth-order valence-electron chi connectivity index (χ4n) is 2.84. The summed E-state index contributed by atoms with van der Waals surface area (Å²) in [5, 5.41) is 8.88. The monoisotopic (exact) mass is 311 g/mol. The first-order chi connectivity index (χ1) is 11.8. The third kappa shape index (κ3) is 3.73. The van der Waals surface area contributed by atoms with Gasteiger partial charge in [0, 0.05) is 0 Å². The average Bonchev–Trinajstić information content (AvgIpc) is 2.67. The van der Waals surface area contributed by atoms with Crippen LogP contribution in [0.4, 0.5) is 0 Å². The highest BCUT2D eigenvalue weighted by Gasteiger charge is 2.01. The van der Waals surface area contributed by atoms with Crippen LogP contribution in [0.3, 0.4) is 0 Å². The van der Waals surface area contributed by atoms with E-state index in [4.69, 9.17) is 5.26 Å². The van der Waals surface area contributed by atoms with Gasteiger partial charge < -0.3 is 0 Å². The van der Waals surface area contributed by atoms with Gasteiger partial charge in [-0.2, -0.15) is 5.26 Å². The molecule has 118 valence electrons. The molecule has 0 aliphatic rings. The highest BCUT2D eigenvalue weighted by atomic mass is 14.2. The van der Waals surface area contributed by atoms with Gasteiger partial charge in [-0.25, -0.2) is 0 Å². The molecule has 0 N–H and O–H groups in total.